The lowest BCUT2D eigenvalue weighted by molar-refractivity contribution is 0.0889. The minimum absolute atomic E-state index is 0.529. The third kappa shape index (κ3) is 1.93. The van der Waals surface area contributed by atoms with Gasteiger partial charge in [-0.05, 0) is 44.2 Å². The molecule has 0 spiro atoms. The Kier molecular flexibility index (Phi) is 2.49. The second-order valence-corrected chi connectivity index (χ2v) is 5.77. The summed E-state index contributed by atoms with van der Waals surface area (Å²) in [4.78, 5) is 5.35. The van der Waals surface area contributed by atoms with Crippen LogP contribution in [0, 0.1) is 5.41 Å². The molecule has 1 aliphatic carbocycles. The second-order valence-electron chi connectivity index (χ2n) is 5.77. The van der Waals surface area contributed by atoms with Crippen molar-refractivity contribution in [2.75, 3.05) is 39.3 Å². The van der Waals surface area contributed by atoms with E-state index in [1.165, 1.54) is 58.4 Å². The Balaban J connectivity index is 1.55. The van der Waals surface area contributed by atoms with Crippen LogP contribution in [0.4, 0.5) is 0 Å². The molecule has 0 aromatic heterocycles. The van der Waals surface area contributed by atoms with Crippen LogP contribution in [0.3, 0.4) is 0 Å². The van der Waals surface area contributed by atoms with Crippen molar-refractivity contribution >= 4 is 0 Å². The third-order valence-corrected chi connectivity index (χ3v) is 4.62. The Bertz CT molecular complexity index is 237. The molecule has 1 unspecified atom stereocenters. The summed E-state index contributed by atoms with van der Waals surface area (Å²) in [5, 5.41) is 0. The van der Waals surface area contributed by atoms with Gasteiger partial charge in [-0.1, -0.05) is 0 Å². The highest BCUT2D eigenvalue weighted by Crippen LogP contribution is 2.45. The summed E-state index contributed by atoms with van der Waals surface area (Å²) in [6.07, 6.45) is 5.58. The van der Waals surface area contributed by atoms with Gasteiger partial charge in [0.25, 0.3) is 0 Å². The number of hydrogen-bond acceptors (Lipinski definition) is 3. The average molecular weight is 209 g/mol. The van der Waals surface area contributed by atoms with E-state index in [2.05, 4.69) is 9.80 Å². The molecule has 2 saturated heterocycles. The summed E-state index contributed by atoms with van der Waals surface area (Å²) in [5.41, 5.74) is 6.38. The van der Waals surface area contributed by atoms with Gasteiger partial charge in [-0.3, -0.25) is 9.80 Å². The molecule has 0 aromatic carbocycles. The van der Waals surface area contributed by atoms with Crippen molar-refractivity contribution in [3.8, 4) is 0 Å². The van der Waals surface area contributed by atoms with Crippen LogP contribution in [-0.4, -0.2) is 55.1 Å². The number of nitrogens with zero attached hydrogens (tertiary/aromatic N) is 2. The predicted octanol–water partition coefficient (Wildman–Crippen LogP) is 0.505. The lowest BCUT2D eigenvalue weighted by Gasteiger charge is -2.39. The molecule has 3 fully saturated rings. The zero-order chi connectivity index (χ0) is 10.3. The molecule has 86 valence electrons. The van der Waals surface area contributed by atoms with Crippen LogP contribution in [0.25, 0.3) is 0 Å². The van der Waals surface area contributed by atoms with Crippen LogP contribution in [0.2, 0.25) is 0 Å². The number of hydrogen-bond donors (Lipinski definition) is 1. The van der Waals surface area contributed by atoms with Gasteiger partial charge >= 0.3 is 0 Å². The van der Waals surface area contributed by atoms with E-state index in [4.69, 9.17) is 5.73 Å². The second kappa shape index (κ2) is 3.72. The Morgan fingerprint density at radius 1 is 1.20 bits per heavy atom. The van der Waals surface area contributed by atoms with E-state index in [0.29, 0.717) is 5.41 Å². The van der Waals surface area contributed by atoms with Gasteiger partial charge in [-0.2, -0.15) is 0 Å². The number of piperazine rings is 1. The van der Waals surface area contributed by atoms with Gasteiger partial charge in [0, 0.05) is 32.2 Å². The highest BCUT2D eigenvalue weighted by atomic mass is 15.3. The van der Waals surface area contributed by atoms with Gasteiger partial charge in [0.1, 0.15) is 0 Å². The normalized spacial score (nSPS) is 35.4. The predicted molar refractivity (Wildman–Crippen MR) is 61.8 cm³/mol. The van der Waals surface area contributed by atoms with Crippen LogP contribution in [0.5, 0.6) is 0 Å². The molecule has 0 radical (unpaired) electrons. The van der Waals surface area contributed by atoms with Gasteiger partial charge in [-0.15, -0.1) is 0 Å². The van der Waals surface area contributed by atoms with E-state index in [0.717, 1.165) is 12.6 Å². The van der Waals surface area contributed by atoms with Gasteiger partial charge in [0.15, 0.2) is 0 Å². The van der Waals surface area contributed by atoms with Crippen LogP contribution in [-0.2, 0) is 0 Å². The summed E-state index contributed by atoms with van der Waals surface area (Å²) in [6, 6.07) is 0.868. The smallest absolute Gasteiger partial charge is 0.0224 e. The zero-order valence-corrected chi connectivity index (χ0v) is 9.62. The lowest BCUT2D eigenvalue weighted by atomic mass is 10.1. The van der Waals surface area contributed by atoms with Gasteiger partial charge < -0.3 is 5.73 Å². The fourth-order valence-electron chi connectivity index (χ4n) is 3.28. The molecule has 1 atom stereocenters. The summed E-state index contributed by atoms with van der Waals surface area (Å²) < 4.78 is 0. The quantitative estimate of drug-likeness (QED) is 0.735. The molecule has 3 aliphatic rings. The van der Waals surface area contributed by atoms with E-state index >= 15 is 0 Å². The Morgan fingerprint density at radius 2 is 2.07 bits per heavy atom. The van der Waals surface area contributed by atoms with Gasteiger partial charge in [-0.25, -0.2) is 0 Å². The van der Waals surface area contributed by atoms with Crippen LogP contribution >= 0.6 is 0 Å². The summed E-state index contributed by atoms with van der Waals surface area (Å²) in [6.45, 7) is 7.40. The molecule has 2 N–H and O–H groups in total. The van der Waals surface area contributed by atoms with E-state index in [1.54, 1.807) is 0 Å². The molecule has 2 heterocycles. The lowest BCUT2D eigenvalue weighted by Crippen LogP contribution is -2.51. The molecule has 0 bridgehead atoms. The highest BCUT2D eigenvalue weighted by molar-refractivity contribution is 4.98. The maximum Gasteiger partial charge on any atom is 0.0224 e. The molecule has 0 aromatic rings. The Hall–Kier alpha value is -0.120. The Labute approximate surface area is 92.6 Å². The molecule has 3 rings (SSSR count). The van der Waals surface area contributed by atoms with Crippen molar-refractivity contribution < 1.29 is 0 Å². The summed E-state index contributed by atoms with van der Waals surface area (Å²) >= 11 is 0. The van der Waals surface area contributed by atoms with Crippen LogP contribution in [0.15, 0.2) is 0 Å². The fourth-order valence-corrected chi connectivity index (χ4v) is 3.28. The summed E-state index contributed by atoms with van der Waals surface area (Å²) in [5.74, 6) is 0. The molecule has 15 heavy (non-hydrogen) atoms. The molecule has 1 saturated carbocycles. The number of nitrogens with two attached hydrogens (primary N) is 1. The molecular weight excluding hydrogens is 186 g/mol. The minimum atomic E-state index is 0.529. The molecule has 3 heteroatoms. The first-order chi connectivity index (χ1) is 7.31. The summed E-state index contributed by atoms with van der Waals surface area (Å²) in [7, 11) is 0. The van der Waals surface area contributed by atoms with E-state index in [-0.39, 0.29) is 0 Å². The van der Waals surface area contributed by atoms with Crippen molar-refractivity contribution in [3.05, 3.63) is 0 Å². The number of fused-ring (bicyclic) bond motifs is 1. The third-order valence-electron chi connectivity index (χ3n) is 4.62. The molecule has 2 aliphatic heterocycles. The first-order valence-electron chi connectivity index (χ1n) is 6.48. The highest BCUT2D eigenvalue weighted by Gasteiger charge is 2.43. The maximum absolute atomic E-state index is 5.86. The van der Waals surface area contributed by atoms with Gasteiger partial charge in [0.05, 0.1) is 0 Å². The van der Waals surface area contributed by atoms with Crippen molar-refractivity contribution in [2.45, 2.75) is 31.7 Å². The zero-order valence-electron chi connectivity index (χ0n) is 9.62. The van der Waals surface area contributed by atoms with Crippen LogP contribution in [0.1, 0.15) is 25.7 Å². The van der Waals surface area contributed by atoms with Crippen molar-refractivity contribution in [2.24, 2.45) is 11.1 Å². The SMILES string of the molecule is NCC1(CN2CCN3CCCC3C2)CC1. The van der Waals surface area contributed by atoms with E-state index < -0.39 is 0 Å². The van der Waals surface area contributed by atoms with Crippen molar-refractivity contribution in [1.29, 1.82) is 0 Å². The van der Waals surface area contributed by atoms with Crippen LogP contribution < -0.4 is 5.73 Å². The molecule has 3 nitrogen and oxygen atoms in total. The first-order valence-corrected chi connectivity index (χ1v) is 6.48. The van der Waals surface area contributed by atoms with E-state index in [1.807, 2.05) is 0 Å². The fraction of sp³-hybridized carbons (Fsp3) is 1.00. The topological polar surface area (TPSA) is 32.5 Å². The average Bonchev–Trinajstić information content (AvgIpc) is 2.88. The first kappa shape index (κ1) is 10.1. The van der Waals surface area contributed by atoms with Gasteiger partial charge in [0.2, 0.25) is 0 Å². The molecular formula is C12H23N3. The number of rotatable bonds is 3. The maximum atomic E-state index is 5.86. The minimum Gasteiger partial charge on any atom is -0.330 e. The Morgan fingerprint density at radius 3 is 2.80 bits per heavy atom. The van der Waals surface area contributed by atoms with Crippen molar-refractivity contribution in [3.63, 3.8) is 0 Å². The largest absolute Gasteiger partial charge is 0.330 e. The molecule has 0 amide bonds. The van der Waals surface area contributed by atoms with E-state index in [9.17, 15) is 0 Å². The van der Waals surface area contributed by atoms with Crippen molar-refractivity contribution in [1.82, 2.24) is 9.80 Å². The monoisotopic (exact) mass is 209 g/mol. The standard InChI is InChI=1S/C12H23N3/c13-9-12(3-4-12)10-14-6-7-15-5-1-2-11(15)8-14/h11H,1-10,13H2.